The van der Waals surface area contributed by atoms with Crippen LogP contribution in [-0.4, -0.2) is 50.7 Å². The van der Waals surface area contributed by atoms with Crippen molar-refractivity contribution < 1.29 is 29.7 Å². The molecular formula is C4H14NO6P. The third-order valence-corrected chi connectivity index (χ3v) is 1.69. The molecule has 8 heteroatoms. The highest BCUT2D eigenvalue weighted by molar-refractivity contribution is 7.52. The number of aliphatic hydroxyl groups is 3. The van der Waals surface area contributed by atoms with Gasteiger partial charge in [0.2, 0.25) is 0 Å². The molecule has 0 fully saturated rings. The van der Waals surface area contributed by atoms with Gasteiger partial charge in [-0.05, 0) is 0 Å². The van der Waals surface area contributed by atoms with E-state index in [1.807, 2.05) is 0 Å². The quantitative estimate of drug-likeness (QED) is 0.276. The summed E-state index contributed by atoms with van der Waals surface area (Å²) in [6, 6.07) is 0. The van der Waals surface area contributed by atoms with Gasteiger partial charge in [-0.2, -0.15) is 0 Å². The Morgan fingerprint density at radius 2 is 1.58 bits per heavy atom. The molecule has 76 valence electrons. The minimum Gasteiger partial charge on any atom is -0.394 e. The Kier molecular flexibility index (Phi) is 9.23. The number of hydrogen-bond donors (Lipinski definition) is 6. The van der Waals surface area contributed by atoms with Crippen LogP contribution in [0.15, 0.2) is 0 Å². The summed E-state index contributed by atoms with van der Waals surface area (Å²) in [7, 11) is -4.33. The van der Waals surface area contributed by atoms with E-state index in [1.54, 1.807) is 0 Å². The van der Waals surface area contributed by atoms with Gasteiger partial charge in [0, 0.05) is 6.54 Å². The predicted octanol–water partition coefficient (Wildman–Crippen LogP) is -2.59. The summed E-state index contributed by atoms with van der Waals surface area (Å²) in [4.78, 5) is 16.1. The van der Waals surface area contributed by atoms with Gasteiger partial charge in [0.05, 0.1) is 13.2 Å². The first kappa shape index (κ1) is 14.5. The van der Waals surface area contributed by atoms with E-state index in [0.717, 1.165) is 0 Å². The van der Waals surface area contributed by atoms with Crippen molar-refractivity contribution in [2.45, 2.75) is 5.85 Å². The van der Waals surface area contributed by atoms with Crippen molar-refractivity contribution in [2.24, 2.45) is 5.73 Å². The topological polar surface area (TPSA) is 144 Å². The average Bonchev–Trinajstić information content (AvgIpc) is 2.02. The largest absolute Gasteiger partial charge is 0.394 e. The lowest BCUT2D eigenvalue weighted by Gasteiger charge is -2.07. The van der Waals surface area contributed by atoms with Gasteiger partial charge < -0.3 is 30.8 Å². The Hall–Kier alpha value is -0.0100. The van der Waals surface area contributed by atoms with Crippen LogP contribution in [0.25, 0.3) is 0 Å². The maximum Gasteiger partial charge on any atom is 0.355 e. The second-order valence-corrected chi connectivity index (χ2v) is 3.53. The first-order chi connectivity index (χ1) is 5.40. The van der Waals surface area contributed by atoms with Crippen LogP contribution >= 0.6 is 7.60 Å². The summed E-state index contributed by atoms with van der Waals surface area (Å²) in [5, 5.41) is 23.6. The Bertz CT molecular complexity index is 134. The van der Waals surface area contributed by atoms with Gasteiger partial charge in [0.15, 0.2) is 5.85 Å². The van der Waals surface area contributed by atoms with Gasteiger partial charge >= 0.3 is 7.60 Å². The van der Waals surface area contributed by atoms with Gasteiger partial charge in [-0.15, -0.1) is 0 Å². The van der Waals surface area contributed by atoms with Gasteiger partial charge in [0.1, 0.15) is 0 Å². The van der Waals surface area contributed by atoms with Crippen LogP contribution in [0.3, 0.4) is 0 Å². The molecule has 0 heterocycles. The third-order valence-electron chi connectivity index (χ3n) is 0.699. The van der Waals surface area contributed by atoms with Gasteiger partial charge in [-0.3, -0.25) is 4.57 Å². The molecule has 0 amide bonds. The molecule has 0 aromatic heterocycles. The molecule has 7 N–H and O–H groups in total. The van der Waals surface area contributed by atoms with Crippen molar-refractivity contribution in [1.29, 1.82) is 0 Å². The molecule has 0 aromatic carbocycles. The van der Waals surface area contributed by atoms with Crippen LogP contribution in [-0.2, 0) is 4.57 Å². The fourth-order valence-corrected chi connectivity index (χ4v) is 0.412. The summed E-state index contributed by atoms with van der Waals surface area (Å²) in [6.45, 7) is -0.662. The summed E-state index contributed by atoms with van der Waals surface area (Å²) in [5.41, 5.74) is 4.72. The molecular weight excluding hydrogens is 189 g/mol. The van der Waals surface area contributed by atoms with Crippen LogP contribution < -0.4 is 5.73 Å². The number of rotatable bonds is 3. The Morgan fingerprint density at radius 3 is 1.58 bits per heavy atom. The minimum atomic E-state index is -4.33. The molecule has 0 aliphatic carbocycles. The zero-order chi connectivity index (χ0) is 10.2. The number of hydrogen-bond acceptors (Lipinski definition) is 5. The predicted molar refractivity (Wildman–Crippen MR) is 41.3 cm³/mol. The van der Waals surface area contributed by atoms with Crippen LogP contribution in [0.2, 0.25) is 0 Å². The third kappa shape index (κ3) is 9.99. The van der Waals surface area contributed by atoms with Crippen molar-refractivity contribution >= 4 is 7.60 Å². The molecule has 0 aliphatic rings. The summed E-state index contributed by atoms with van der Waals surface area (Å²) in [5.74, 6) is -1.71. The molecule has 1 unspecified atom stereocenters. The molecule has 0 rings (SSSR count). The SMILES string of the molecule is NCC(O)P(=O)(O)O.OCCO. The molecule has 0 aromatic rings. The molecule has 0 spiro atoms. The fourth-order valence-electron chi connectivity index (χ4n) is 0.137. The summed E-state index contributed by atoms with van der Waals surface area (Å²) < 4.78 is 9.93. The van der Waals surface area contributed by atoms with Gasteiger partial charge in [-0.1, -0.05) is 0 Å². The van der Waals surface area contributed by atoms with E-state index >= 15 is 0 Å². The zero-order valence-electron chi connectivity index (χ0n) is 6.37. The molecule has 0 saturated heterocycles. The molecule has 12 heavy (non-hydrogen) atoms. The molecule has 0 aliphatic heterocycles. The molecule has 1 atom stereocenters. The van der Waals surface area contributed by atoms with E-state index in [1.165, 1.54) is 0 Å². The zero-order valence-corrected chi connectivity index (χ0v) is 7.26. The monoisotopic (exact) mass is 203 g/mol. The molecule has 0 radical (unpaired) electrons. The van der Waals surface area contributed by atoms with Crippen LogP contribution in [0.4, 0.5) is 0 Å². The molecule has 0 saturated carbocycles. The second-order valence-electron chi connectivity index (χ2n) is 1.75. The van der Waals surface area contributed by atoms with E-state index in [-0.39, 0.29) is 13.2 Å². The Morgan fingerprint density at radius 1 is 1.25 bits per heavy atom. The highest BCUT2D eigenvalue weighted by Gasteiger charge is 2.23. The van der Waals surface area contributed by atoms with E-state index < -0.39 is 20.0 Å². The normalized spacial score (nSPS) is 13.2. The lowest BCUT2D eigenvalue weighted by atomic mass is 10.7. The molecule has 7 nitrogen and oxygen atoms in total. The minimum absolute atomic E-state index is 0.125. The van der Waals surface area contributed by atoms with Crippen molar-refractivity contribution in [1.82, 2.24) is 0 Å². The van der Waals surface area contributed by atoms with Crippen molar-refractivity contribution in [2.75, 3.05) is 19.8 Å². The maximum atomic E-state index is 9.93. The number of nitrogens with two attached hydrogens (primary N) is 1. The lowest BCUT2D eigenvalue weighted by Crippen LogP contribution is -2.19. The highest BCUT2D eigenvalue weighted by Crippen LogP contribution is 2.38. The van der Waals surface area contributed by atoms with E-state index in [4.69, 9.17) is 30.8 Å². The van der Waals surface area contributed by atoms with E-state index in [2.05, 4.69) is 0 Å². The average molecular weight is 203 g/mol. The highest BCUT2D eigenvalue weighted by atomic mass is 31.2. The Balaban J connectivity index is 0. The summed E-state index contributed by atoms with van der Waals surface area (Å²) >= 11 is 0. The van der Waals surface area contributed by atoms with Crippen molar-refractivity contribution in [3.63, 3.8) is 0 Å². The first-order valence-corrected chi connectivity index (χ1v) is 4.73. The lowest BCUT2D eigenvalue weighted by molar-refractivity contribution is 0.186. The smallest absolute Gasteiger partial charge is 0.355 e. The fraction of sp³-hybridized carbons (Fsp3) is 1.00. The Labute approximate surface area is 69.6 Å². The summed E-state index contributed by atoms with van der Waals surface area (Å²) in [6.07, 6.45) is 0. The van der Waals surface area contributed by atoms with Crippen molar-refractivity contribution in [3.05, 3.63) is 0 Å². The number of aliphatic hydroxyl groups excluding tert-OH is 3. The van der Waals surface area contributed by atoms with Crippen LogP contribution in [0.5, 0.6) is 0 Å². The molecule has 0 bridgehead atoms. The van der Waals surface area contributed by atoms with E-state index in [0.29, 0.717) is 0 Å². The second kappa shape index (κ2) is 7.63. The standard InChI is InChI=1S/C2H8NO4P.C2H6O2/c3-1-2(4)8(5,6)7;3-1-2-4/h2,4H,1,3H2,(H2,5,6,7);3-4H,1-2H2. The van der Waals surface area contributed by atoms with Gasteiger partial charge in [-0.25, -0.2) is 0 Å². The van der Waals surface area contributed by atoms with Crippen LogP contribution in [0, 0.1) is 0 Å². The van der Waals surface area contributed by atoms with Crippen LogP contribution in [0.1, 0.15) is 0 Å². The van der Waals surface area contributed by atoms with Gasteiger partial charge in [0.25, 0.3) is 0 Å². The van der Waals surface area contributed by atoms with E-state index in [9.17, 15) is 4.57 Å². The first-order valence-electron chi connectivity index (χ1n) is 3.05. The van der Waals surface area contributed by atoms with Crippen molar-refractivity contribution in [3.8, 4) is 0 Å². The maximum absolute atomic E-state index is 9.93.